The van der Waals surface area contributed by atoms with Crippen molar-refractivity contribution >= 4 is 17.5 Å². The van der Waals surface area contributed by atoms with Gasteiger partial charge in [-0.05, 0) is 29.7 Å². The molecular formula is C10H11ClN2O. The second kappa shape index (κ2) is 3.59. The van der Waals surface area contributed by atoms with E-state index in [1.807, 2.05) is 18.2 Å². The predicted molar refractivity (Wildman–Crippen MR) is 55.0 cm³/mol. The molecule has 0 unspecified atom stereocenters. The molecule has 14 heavy (non-hydrogen) atoms. The van der Waals surface area contributed by atoms with Gasteiger partial charge in [-0.3, -0.25) is 4.79 Å². The summed E-state index contributed by atoms with van der Waals surface area (Å²) in [6, 6.07) is 5.16. The molecule has 1 atom stereocenters. The van der Waals surface area contributed by atoms with Crippen LogP contribution in [0.1, 0.15) is 11.1 Å². The molecule has 2 rings (SSSR count). The van der Waals surface area contributed by atoms with Crippen LogP contribution in [0, 0.1) is 0 Å². The van der Waals surface area contributed by atoms with E-state index >= 15 is 0 Å². The van der Waals surface area contributed by atoms with Gasteiger partial charge in [0.05, 0.1) is 6.04 Å². The highest BCUT2D eigenvalue weighted by atomic mass is 35.5. The maximum absolute atomic E-state index is 11.3. The molecule has 1 aliphatic rings. The number of carbonyl (C=O) groups excluding carboxylic acids is 1. The zero-order valence-corrected chi connectivity index (χ0v) is 8.34. The van der Waals surface area contributed by atoms with Crippen LogP contribution in [0.5, 0.6) is 0 Å². The van der Waals surface area contributed by atoms with Crippen molar-refractivity contribution in [3.05, 3.63) is 34.3 Å². The number of nitrogens with two attached hydrogens (primary N) is 1. The number of carbonyl (C=O) groups is 1. The average Bonchev–Trinajstić information content (AvgIpc) is 2.27. The Morgan fingerprint density at radius 3 is 3.00 bits per heavy atom. The normalized spacial score (nSPS) is 21.0. The van der Waals surface area contributed by atoms with E-state index in [1.165, 1.54) is 0 Å². The molecule has 1 aliphatic heterocycles. The van der Waals surface area contributed by atoms with Gasteiger partial charge in [-0.25, -0.2) is 0 Å². The van der Waals surface area contributed by atoms with Crippen molar-refractivity contribution in [1.29, 1.82) is 0 Å². The van der Waals surface area contributed by atoms with Gasteiger partial charge in [0.15, 0.2) is 0 Å². The molecule has 3 nitrogen and oxygen atoms in total. The third kappa shape index (κ3) is 1.74. The fraction of sp³-hybridized carbons (Fsp3) is 0.300. The lowest BCUT2D eigenvalue weighted by atomic mass is 10.0. The van der Waals surface area contributed by atoms with Crippen LogP contribution >= 0.6 is 11.6 Å². The molecule has 0 bridgehead atoms. The summed E-state index contributed by atoms with van der Waals surface area (Å²) in [6.45, 7) is 0.541. The maximum Gasteiger partial charge on any atom is 0.237 e. The Kier molecular flexibility index (Phi) is 2.44. The Balaban J connectivity index is 2.38. The molecule has 0 aromatic heterocycles. The Hall–Kier alpha value is -1.06. The fourth-order valence-electron chi connectivity index (χ4n) is 1.60. The molecule has 0 radical (unpaired) electrons. The van der Waals surface area contributed by atoms with Crippen molar-refractivity contribution in [3.8, 4) is 0 Å². The van der Waals surface area contributed by atoms with Gasteiger partial charge < -0.3 is 11.1 Å². The van der Waals surface area contributed by atoms with Gasteiger partial charge >= 0.3 is 0 Å². The Morgan fingerprint density at radius 2 is 2.21 bits per heavy atom. The third-order valence-corrected chi connectivity index (χ3v) is 2.63. The third-order valence-electron chi connectivity index (χ3n) is 2.40. The number of benzene rings is 1. The van der Waals surface area contributed by atoms with E-state index in [9.17, 15) is 4.79 Å². The van der Waals surface area contributed by atoms with Gasteiger partial charge in [-0.15, -0.1) is 0 Å². The standard InChI is InChI=1S/C10H11ClN2O/c11-8-2-1-6-5-13-10(14)9(12)4-7(6)3-8/h1-3,9H,4-5,12H2,(H,13,14)/t9-/m0/s1. The maximum atomic E-state index is 11.3. The Labute approximate surface area is 87.2 Å². The number of nitrogens with one attached hydrogen (secondary N) is 1. The first-order valence-corrected chi connectivity index (χ1v) is 4.85. The molecule has 74 valence electrons. The van der Waals surface area contributed by atoms with Gasteiger partial charge in [0.1, 0.15) is 0 Å². The van der Waals surface area contributed by atoms with Crippen LogP contribution in [0.4, 0.5) is 0 Å². The smallest absolute Gasteiger partial charge is 0.237 e. The first-order chi connectivity index (χ1) is 6.66. The fourth-order valence-corrected chi connectivity index (χ4v) is 1.79. The highest BCUT2D eigenvalue weighted by Gasteiger charge is 2.19. The minimum atomic E-state index is -0.463. The Morgan fingerprint density at radius 1 is 1.43 bits per heavy atom. The summed E-state index contributed by atoms with van der Waals surface area (Å²) < 4.78 is 0. The molecule has 0 fully saturated rings. The summed E-state index contributed by atoms with van der Waals surface area (Å²) in [7, 11) is 0. The number of hydrogen-bond acceptors (Lipinski definition) is 2. The summed E-state index contributed by atoms with van der Waals surface area (Å²) in [4.78, 5) is 11.3. The SMILES string of the molecule is N[C@H]1Cc2cc(Cl)ccc2CNC1=O. The second-order valence-electron chi connectivity index (χ2n) is 3.44. The van der Waals surface area contributed by atoms with E-state index in [0.29, 0.717) is 18.0 Å². The molecule has 4 heteroatoms. The number of halogens is 1. The molecule has 1 aromatic rings. The molecule has 0 spiro atoms. The van der Waals surface area contributed by atoms with Crippen LogP contribution in [0.25, 0.3) is 0 Å². The van der Waals surface area contributed by atoms with E-state index in [4.69, 9.17) is 17.3 Å². The first-order valence-electron chi connectivity index (χ1n) is 4.47. The van der Waals surface area contributed by atoms with E-state index < -0.39 is 6.04 Å². The first kappa shape index (κ1) is 9.49. The molecule has 0 saturated heterocycles. The van der Waals surface area contributed by atoms with Gasteiger partial charge in [-0.2, -0.15) is 0 Å². The van der Waals surface area contributed by atoms with Crippen molar-refractivity contribution in [2.75, 3.05) is 0 Å². The van der Waals surface area contributed by atoms with Crippen molar-refractivity contribution < 1.29 is 4.79 Å². The Bertz CT molecular complexity index is 378. The van der Waals surface area contributed by atoms with Crippen LogP contribution in [0.2, 0.25) is 5.02 Å². The van der Waals surface area contributed by atoms with Crippen molar-refractivity contribution in [2.24, 2.45) is 5.73 Å². The van der Waals surface area contributed by atoms with Gasteiger partial charge in [0.2, 0.25) is 5.91 Å². The quantitative estimate of drug-likeness (QED) is 0.667. The van der Waals surface area contributed by atoms with Crippen LogP contribution in [-0.4, -0.2) is 11.9 Å². The van der Waals surface area contributed by atoms with E-state index in [-0.39, 0.29) is 5.91 Å². The molecule has 1 amide bonds. The molecular weight excluding hydrogens is 200 g/mol. The van der Waals surface area contributed by atoms with E-state index in [1.54, 1.807) is 0 Å². The number of fused-ring (bicyclic) bond motifs is 1. The number of rotatable bonds is 0. The summed E-state index contributed by atoms with van der Waals surface area (Å²) in [5.74, 6) is -0.0997. The highest BCUT2D eigenvalue weighted by Crippen LogP contribution is 2.19. The molecule has 1 heterocycles. The summed E-state index contributed by atoms with van der Waals surface area (Å²) >= 11 is 5.87. The van der Waals surface area contributed by atoms with Crippen molar-refractivity contribution in [2.45, 2.75) is 19.0 Å². The van der Waals surface area contributed by atoms with Crippen LogP contribution in [0.3, 0.4) is 0 Å². The lowest BCUT2D eigenvalue weighted by molar-refractivity contribution is -0.122. The average molecular weight is 211 g/mol. The van der Waals surface area contributed by atoms with Gasteiger partial charge in [0.25, 0.3) is 0 Å². The molecule has 0 aliphatic carbocycles. The number of hydrogen-bond donors (Lipinski definition) is 2. The minimum absolute atomic E-state index is 0.0997. The van der Waals surface area contributed by atoms with Crippen LogP contribution < -0.4 is 11.1 Å². The molecule has 0 saturated carbocycles. The summed E-state index contributed by atoms with van der Waals surface area (Å²) in [5, 5.41) is 3.45. The lowest BCUT2D eigenvalue weighted by Gasteiger charge is -2.06. The predicted octanol–water partition coefficient (Wildman–Crippen LogP) is 0.840. The topological polar surface area (TPSA) is 55.1 Å². The largest absolute Gasteiger partial charge is 0.351 e. The zero-order valence-electron chi connectivity index (χ0n) is 7.59. The van der Waals surface area contributed by atoms with Crippen LogP contribution in [0.15, 0.2) is 18.2 Å². The second-order valence-corrected chi connectivity index (χ2v) is 3.88. The van der Waals surface area contributed by atoms with Crippen LogP contribution in [-0.2, 0) is 17.8 Å². The number of amides is 1. The summed E-state index contributed by atoms with van der Waals surface area (Å²) in [6.07, 6.45) is 0.557. The van der Waals surface area contributed by atoms with Gasteiger partial charge in [0, 0.05) is 11.6 Å². The summed E-state index contributed by atoms with van der Waals surface area (Å²) in [5.41, 5.74) is 7.84. The highest BCUT2D eigenvalue weighted by molar-refractivity contribution is 6.30. The van der Waals surface area contributed by atoms with Gasteiger partial charge in [-0.1, -0.05) is 17.7 Å². The zero-order chi connectivity index (χ0) is 10.1. The van der Waals surface area contributed by atoms with Crippen molar-refractivity contribution in [1.82, 2.24) is 5.32 Å². The monoisotopic (exact) mass is 210 g/mol. The molecule has 3 N–H and O–H groups in total. The lowest BCUT2D eigenvalue weighted by Crippen LogP contribution is -2.39. The van der Waals surface area contributed by atoms with E-state index in [0.717, 1.165) is 11.1 Å². The minimum Gasteiger partial charge on any atom is -0.351 e. The van der Waals surface area contributed by atoms with Crippen molar-refractivity contribution in [3.63, 3.8) is 0 Å². The van der Waals surface area contributed by atoms with E-state index in [2.05, 4.69) is 5.32 Å². The molecule has 1 aromatic carbocycles.